The minimum atomic E-state index is -2.89. The molecule has 2 aromatic rings. The molecule has 5 nitrogen and oxygen atoms in total. The summed E-state index contributed by atoms with van der Waals surface area (Å²) in [5, 5.41) is 4.54. The Bertz CT molecular complexity index is 740. The van der Waals surface area contributed by atoms with Gasteiger partial charge >= 0.3 is 0 Å². The summed E-state index contributed by atoms with van der Waals surface area (Å²) in [7, 11) is -2.89. The maximum Gasteiger partial charge on any atom is 0.151 e. The van der Waals surface area contributed by atoms with Crippen LogP contribution in [0.3, 0.4) is 0 Å². The molecule has 0 amide bonds. The second-order valence-electron chi connectivity index (χ2n) is 6.11. The summed E-state index contributed by atoms with van der Waals surface area (Å²) in [5.41, 5.74) is 2.19. The molecule has 23 heavy (non-hydrogen) atoms. The molecule has 0 radical (unpaired) electrons. The van der Waals surface area contributed by atoms with Gasteiger partial charge in [-0.3, -0.25) is 9.58 Å². The second-order valence-corrected chi connectivity index (χ2v) is 8.34. The zero-order valence-corrected chi connectivity index (χ0v) is 14.2. The lowest BCUT2D eigenvalue weighted by Crippen LogP contribution is -2.35. The Labute approximate surface area is 137 Å². The van der Waals surface area contributed by atoms with Crippen LogP contribution in [-0.2, 0) is 29.5 Å². The molecule has 1 fully saturated rings. The Morgan fingerprint density at radius 1 is 1.22 bits per heavy atom. The Morgan fingerprint density at radius 3 is 2.61 bits per heavy atom. The zero-order chi connectivity index (χ0) is 16.3. The molecule has 1 aromatic heterocycles. The van der Waals surface area contributed by atoms with Crippen LogP contribution in [0, 0.1) is 0 Å². The first kappa shape index (κ1) is 16.2. The van der Waals surface area contributed by atoms with E-state index in [-0.39, 0.29) is 11.8 Å². The summed E-state index contributed by atoms with van der Waals surface area (Å²) in [6.45, 7) is 4.33. The number of sulfone groups is 1. The standard InChI is InChI=1S/C17H23N3O2S/c1-2-20-10-8-16(18-20)13-19(12-15-6-4-3-5-7-15)17-9-11-23(21,22)14-17/h3-8,10,17H,2,9,11-14H2,1H3. The summed E-state index contributed by atoms with van der Waals surface area (Å²) in [5.74, 6) is 0.556. The van der Waals surface area contributed by atoms with Gasteiger partial charge in [-0.2, -0.15) is 5.10 Å². The molecule has 0 saturated carbocycles. The van der Waals surface area contributed by atoms with E-state index >= 15 is 0 Å². The van der Waals surface area contributed by atoms with Crippen molar-refractivity contribution < 1.29 is 8.42 Å². The monoisotopic (exact) mass is 333 g/mol. The van der Waals surface area contributed by atoms with E-state index in [1.807, 2.05) is 35.1 Å². The smallest absolute Gasteiger partial charge is 0.151 e. The Balaban J connectivity index is 1.78. The van der Waals surface area contributed by atoms with Gasteiger partial charge in [0.2, 0.25) is 0 Å². The average molecular weight is 333 g/mol. The molecule has 0 spiro atoms. The number of nitrogens with zero attached hydrogens (tertiary/aromatic N) is 3. The molecule has 2 heterocycles. The van der Waals surface area contributed by atoms with Crippen molar-refractivity contribution in [1.82, 2.24) is 14.7 Å². The third-order valence-electron chi connectivity index (χ3n) is 4.34. The van der Waals surface area contributed by atoms with E-state index < -0.39 is 9.84 Å². The van der Waals surface area contributed by atoms with Crippen LogP contribution in [-0.4, -0.2) is 40.6 Å². The van der Waals surface area contributed by atoms with Crippen LogP contribution >= 0.6 is 0 Å². The van der Waals surface area contributed by atoms with E-state index in [0.717, 1.165) is 18.8 Å². The van der Waals surface area contributed by atoms with E-state index in [2.05, 4.69) is 29.1 Å². The van der Waals surface area contributed by atoms with Crippen molar-refractivity contribution >= 4 is 9.84 Å². The largest absolute Gasteiger partial charge is 0.289 e. The maximum atomic E-state index is 11.9. The van der Waals surface area contributed by atoms with E-state index in [0.29, 0.717) is 18.7 Å². The predicted molar refractivity (Wildman–Crippen MR) is 90.6 cm³/mol. The van der Waals surface area contributed by atoms with Crippen molar-refractivity contribution in [3.05, 3.63) is 53.9 Å². The Hall–Kier alpha value is -1.66. The highest BCUT2D eigenvalue weighted by atomic mass is 32.2. The fraction of sp³-hybridized carbons (Fsp3) is 0.471. The van der Waals surface area contributed by atoms with Gasteiger partial charge < -0.3 is 0 Å². The molecule has 1 atom stereocenters. The lowest BCUT2D eigenvalue weighted by Gasteiger charge is -2.27. The molecule has 0 aliphatic carbocycles. The summed E-state index contributed by atoms with van der Waals surface area (Å²) in [6.07, 6.45) is 2.69. The van der Waals surface area contributed by atoms with Crippen LogP contribution < -0.4 is 0 Å². The Morgan fingerprint density at radius 2 is 2.00 bits per heavy atom. The molecular weight excluding hydrogens is 310 g/mol. The molecule has 1 aromatic carbocycles. The number of rotatable bonds is 6. The highest BCUT2D eigenvalue weighted by molar-refractivity contribution is 7.91. The van der Waals surface area contributed by atoms with Crippen LogP contribution in [0.4, 0.5) is 0 Å². The molecule has 1 saturated heterocycles. The first-order valence-corrected chi connectivity index (χ1v) is 9.88. The number of hydrogen-bond donors (Lipinski definition) is 0. The highest BCUT2D eigenvalue weighted by Gasteiger charge is 2.32. The maximum absolute atomic E-state index is 11.9. The SMILES string of the molecule is CCn1ccc(CN(Cc2ccccc2)C2CCS(=O)(=O)C2)n1. The molecular formula is C17H23N3O2S. The molecule has 124 valence electrons. The zero-order valence-electron chi connectivity index (χ0n) is 13.4. The first-order valence-electron chi connectivity index (χ1n) is 8.06. The van der Waals surface area contributed by atoms with E-state index in [1.165, 1.54) is 5.56 Å². The van der Waals surface area contributed by atoms with Gasteiger partial charge in [-0.1, -0.05) is 30.3 Å². The van der Waals surface area contributed by atoms with Gasteiger partial charge in [-0.25, -0.2) is 8.42 Å². The van der Waals surface area contributed by atoms with Gasteiger partial charge in [0.1, 0.15) is 0 Å². The topological polar surface area (TPSA) is 55.2 Å². The van der Waals surface area contributed by atoms with E-state index in [9.17, 15) is 8.42 Å². The van der Waals surface area contributed by atoms with E-state index in [4.69, 9.17) is 0 Å². The number of benzene rings is 1. The third kappa shape index (κ3) is 4.20. The number of aryl methyl sites for hydroxylation is 1. The fourth-order valence-corrected chi connectivity index (χ4v) is 4.83. The van der Waals surface area contributed by atoms with Crippen molar-refractivity contribution in [3.63, 3.8) is 0 Å². The molecule has 1 unspecified atom stereocenters. The van der Waals surface area contributed by atoms with Crippen LogP contribution in [0.2, 0.25) is 0 Å². The normalized spacial score (nSPS) is 20.2. The number of aromatic nitrogens is 2. The summed E-state index contributed by atoms with van der Waals surface area (Å²) in [6, 6.07) is 12.3. The summed E-state index contributed by atoms with van der Waals surface area (Å²) in [4.78, 5) is 2.25. The number of hydrogen-bond acceptors (Lipinski definition) is 4. The van der Waals surface area contributed by atoms with Crippen molar-refractivity contribution in [2.45, 2.75) is 39.0 Å². The minimum Gasteiger partial charge on any atom is -0.289 e. The van der Waals surface area contributed by atoms with Gasteiger partial charge in [-0.15, -0.1) is 0 Å². The predicted octanol–water partition coefficient (Wildman–Crippen LogP) is 2.09. The lowest BCUT2D eigenvalue weighted by molar-refractivity contribution is 0.191. The molecule has 3 rings (SSSR count). The van der Waals surface area contributed by atoms with Crippen LogP contribution in [0.25, 0.3) is 0 Å². The van der Waals surface area contributed by atoms with Crippen molar-refractivity contribution in [2.75, 3.05) is 11.5 Å². The fourth-order valence-electron chi connectivity index (χ4n) is 3.07. The molecule has 1 aliphatic heterocycles. The quantitative estimate of drug-likeness (QED) is 0.812. The molecule has 6 heteroatoms. The second kappa shape index (κ2) is 6.84. The lowest BCUT2D eigenvalue weighted by atomic mass is 10.1. The molecule has 0 bridgehead atoms. The third-order valence-corrected chi connectivity index (χ3v) is 6.09. The van der Waals surface area contributed by atoms with Crippen molar-refractivity contribution in [2.24, 2.45) is 0 Å². The van der Waals surface area contributed by atoms with Gasteiger partial charge in [0, 0.05) is 31.9 Å². The highest BCUT2D eigenvalue weighted by Crippen LogP contribution is 2.22. The van der Waals surface area contributed by atoms with Gasteiger partial charge in [-0.05, 0) is 25.0 Å². The van der Waals surface area contributed by atoms with Gasteiger partial charge in [0.05, 0.1) is 17.2 Å². The molecule has 1 aliphatic rings. The van der Waals surface area contributed by atoms with Crippen molar-refractivity contribution in [3.8, 4) is 0 Å². The van der Waals surface area contributed by atoms with Crippen molar-refractivity contribution in [1.29, 1.82) is 0 Å². The van der Waals surface area contributed by atoms with E-state index in [1.54, 1.807) is 0 Å². The van der Waals surface area contributed by atoms with Gasteiger partial charge in [0.25, 0.3) is 0 Å². The summed E-state index contributed by atoms with van der Waals surface area (Å²) < 4.78 is 25.6. The van der Waals surface area contributed by atoms with Crippen LogP contribution in [0.15, 0.2) is 42.6 Å². The van der Waals surface area contributed by atoms with Crippen LogP contribution in [0.5, 0.6) is 0 Å². The minimum absolute atomic E-state index is 0.0759. The van der Waals surface area contributed by atoms with Crippen LogP contribution in [0.1, 0.15) is 24.6 Å². The Kier molecular flexibility index (Phi) is 4.82. The average Bonchev–Trinajstić information content (AvgIpc) is 3.13. The molecule has 0 N–H and O–H groups in total. The first-order chi connectivity index (χ1) is 11.1. The summed E-state index contributed by atoms with van der Waals surface area (Å²) >= 11 is 0. The van der Waals surface area contributed by atoms with Gasteiger partial charge in [0.15, 0.2) is 9.84 Å².